The average molecular weight is 404 g/mol. The highest BCUT2D eigenvalue weighted by Crippen LogP contribution is 2.17. The van der Waals surface area contributed by atoms with Crippen molar-refractivity contribution in [3.63, 3.8) is 0 Å². The van der Waals surface area contributed by atoms with Crippen LogP contribution in [0.2, 0.25) is 0 Å². The number of nitrogens with one attached hydrogen (secondary N) is 1. The van der Waals surface area contributed by atoms with Crippen LogP contribution >= 0.6 is 15.9 Å². The van der Waals surface area contributed by atoms with Gasteiger partial charge in [-0.05, 0) is 38.1 Å². The van der Waals surface area contributed by atoms with Crippen LogP contribution in [0.3, 0.4) is 0 Å². The zero-order chi connectivity index (χ0) is 18.0. The molecule has 0 saturated carbocycles. The summed E-state index contributed by atoms with van der Waals surface area (Å²) in [6.45, 7) is 3.93. The number of halogens is 1. The van der Waals surface area contributed by atoms with Gasteiger partial charge in [-0.2, -0.15) is 10.2 Å². The van der Waals surface area contributed by atoms with Crippen molar-refractivity contribution in [2.45, 2.75) is 20.6 Å². The lowest BCUT2D eigenvalue weighted by Crippen LogP contribution is -2.13. The third-order valence-electron chi connectivity index (χ3n) is 3.80. The lowest BCUT2D eigenvalue weighted by Gasteiger charge is -2.06. The fourth-order valence-corrected chi connectivity index (χ4v) is 2.73. The Hall–Kier alpha value is -2.61. The Bertz CT molecular complexity index is 898. The van der Waals surface area contributed by atoms with Gasteiger partial charge in [-0.25, -0.2) is 4.68 Å². The number of benzene rings is 1. The number of aryl methyl sites for hydroxylation is 2. The van der Waals surface area contributed by atoms with Gasteiger partial charge >= 0.3 is 0 Å². The number of carbonyl (C=O) groups is 1. The van der Waals surface area contributed by atoms with Gasteiger partial charge in [0.2, 0.25) is 0 Å². The highest BCUT2D eigenvalue weighted by atomic mass is 79.9. The molecule has 0 aliphatic heterocycles. The highest BCUT2D eigenvalue weighted by Gasteiger charge is 2.17. The Morgan fingerprint density at radius 1 is 1.28 bits per heavy atom. The summed E-state index contributed by atoms with van der Waals surface area (Å²) in [5, 5.41) is 11.3. The zero-order valence-electron chi connectivity index (χ0n) is 14.2. The smallest absolute Gasteiger partial charge is 0.259 e. The molecule has 1 aromatic carbocycles. The summed E-state index contributed by atoms with van der Waals surface area (Å²) < 4.78 is 9.94. The number of hydrogen-bond donors (Lipinski definition) is 1. The summed E-state index contributed by atoms with van der Waals surface area (Å²) in [5.41, 5.74) is 2.71. The maximum Gasteiger partial charge on any atom is 0.259 e. The van der Waals surface area contributed by atoms with E-state index in [1.165, 1.54) is 0 Å². The molecule has 8 heteroatoms. The van der Waals surface area contributed by atoms with E-state index in [4.69, 9.17) is 4.74 Å². The third-order valence-corrected chi connectivity index (χ3v) is 4.33. The van der Waals surface area contributed by atoms with Crippen LogP contribution < -0.4 is 10.1 Å². The third kappa shape index (κ3) is 3.90. The molecule has 130 valence electrons. The predicted octanol–water partition coefficient (Wildman–Crippen LogP) is 3.28. The molecule has 3 aromatic rings. The van der Waals surface area contributed by atoms with E-state index in [0.717, 1.165) is 15.9 Å². The number of amides is 1. The molecule has 0 fully saturated rings. The standard InChI is InChI=1S/C17H18BrN5O2/c1-11-16(12(2)22(3)21-11)17(24)20-14-8-19-23(9-14)10-25-15-6-4-13(18)5-7-15/h4-9H,10H2,1-3H3,(H,20,24). The molecular weight excluding hydrogens is 386 g/mol. The molecule has 3 rings (SSSR count). The molecule has 0 unspecified atom stereocenters. The minimum Gasteiger partial charge on any atom is -0.471 e. The maximum absolute atomic E-state index is 12.5. The summed E-state index contributed by atoms with van der Waals surface area (Å²) in [5.74, 6) is 0.544. The van der Waals surface area contributed by atoms with E-state index in [0.29, 0.717) is 16.9 Å². The van der Waals surface area contributed by atoms with Crippen molar-refractivity contribution in [3.05, 3.63) is 58.1 Å². The Morgan fingerprint density at radius 3 is 2.64 bits per heavy atom. The average Bonchev–Trinajstić information content (AvgIpc) is 3.11. The van der Waals surface area contributed by atoms with E-state index < -0.39 is 0 Å². The normalized spacial score (nSPS) is 10.7. The van der Waals surface area contributed by atoms with Gasteiger partial charge in [0, 0.05) is 17.2 Å². The van der Waals surface area contributed by atoms with E-state index in [2.05, 4.69) is 31.4 Å². The van der Waals surface area contributed by atoms with Crippen molar-refractivity contribution in [2.24, 2.45) is 7.05 Å². The van der Waals surface area contributed by atoms with Gasteiger partial charge in [0.25, 0.3) is 5.91 Å². The first kappa shape index (κ1) is 17.2. The van der Waals surface area contributed by atoms with E-state index in [-0.39, 0.29) is 12.6 Å². The van der Waals surface area contributed by atoms with Crippen molar-refractivity contribution in [1.29, 1.82) is 0 Å². The fourth-order valence-electron chi connectivity index (χ4n) is 2.47. The summed E-state index contributed by atoms with van der Waals surface area (Å²) in [6.07, 6.45) is 3.31. The van der Waals surface area contributed by atoms with Gasteiger partial charge in [-0.3, -0.25) is 9.48 Å². The first-order chi connectivity index (χ1) is 11.9. The zero-order valence-corrected chi connectivity index (χ0v) is 15.7. The fraction of sp³-hybridized carbons (Fsp3) is 0.235. The molecule has 0 atom stereocenters. The van der Waals surface area contributed by atoms with Crippen LogP contribution in [0.1, 0.15) is 21.7 Å². The Labute approximate surface area is 153 Å². The second-order valence-electron chi connectivity index (χ2n) is 5.62. The minimum atomic E-state index is -0.198. The number of anilines is 1. The first-order valence-electron chi connectivity index (χ1n) is 7.66. The molecule has 0 bridgehead atoms. The Morgan fingerprint density at radius 2 is 2.00 bits per heavy atom. The summed E-state index contributed by atoms with van der Waals surface area (Å²) in [6, 6.07) is 7.54. The van der Waals surface area contributed by atoms with E-state index >= 15 is 0 Å². The van der Waals surface area contributed by atoms with Crippen LogP contribution in [0, 0.1) is 13.8 Å². The van der Waals surface area contributed by atoms with Gasteiger partial charge < -0.3 is 10.1 Å². The molecule has 0 aliphatic carbocycles. The molecule has 1 N–H and O–H groups in total. The van der Waals surface area contributed by atoms with Crippen molar-refractivity contribution in [1.82, 2.24) is 19.6 Å². The monoisotopic (exact) mass is 403 g/mol. The van der Waals surface area contributed by atoms with Crippen LogP contribution in [-0.2, 0) is 13.8 Å². The van der Waals surface area contributed by atoms with Gasteiger partial charge in [0.05, 0.1) is 29.3 Å². The van der Waals surface area contributed by atoms with Crippen LogP contribution in [0.15, 0.2) is 41.1 Å². The molecule has 0 radical (unpaired) electrons. The molecule has 1 amide bonds. The number of aromatic nitrogens is 4. The number of nitrogens with zero attached hydrogens (tertiary/aromatic N) is 4. The van der Waals surface area contributed by atoms with Gasteiger partial charge in [0.15, 0.2) is 6.73 Å². The number of carbonyl (C=O) groups excluding carboxylic acids is 1. The predicted molar refractivity (Wildman–Crippen MR) is 97.6 cm³/mol. The minimum absolute atomic E-state index is 0.198. The first-order valence-corrected chi connectivity index (χ1v) is 8.45. The molecule has 0 aliphatic rings. The highest BCUT2D eigenvalue weighted by molar-refractivity contribution is 9.10. The van der Waals surface area contributed by atoms with Crippen LogP contribution in [0.25, 0.3) is 0 Å². The Balaban J connectivity index is 1.63. The molecule has 0 spiro atoms. The largest absolute Gasteiger partial charge is 0.471 e. The second kappa shape index (κ2) is 7.10. The van der Waals surface area contributed by atoms with Crippen LogP contribution in [0.4, 0.5) is 5.69 Å². The van der Waals surface area contributed by atoms with Crippen LogP contribution in [-0.4, -0.2) is 25.5 Å². The molecule has 25 heavy (non-hydrogen) atoms. The van der Waals surface area contributed by atoms with E-state index in [1.54, 1.807) is 21.8 Å². The SMILES string of the molecule is Cc1nn(C)c(C)c1C(=O)Nc1cnn(COc2ccc(Br)cc2)c1. The topological polar surface area (TPSA) is 74.0 Å². The van der Waals surface area contributed by atoms with Gasteiger partial charge in [-0.1, -0.05) is 15.9 Å². The second-order valence-corrected chi connectivity index (χ2v) is 6.54. The maximum atomic E-state index is 12.5. The van der Waals surface area contributed by atoms with Crippen molar-refractivity contribution < 1.29 is 9.53 Å². The van der Waals surface area contributed by atoms with Crippen molar-refractivity contribution >= 4 is 27.5 Å². The quantitative estimate of drug-likeness (QED) is 0.709. The molecule has 2 heterocycles. The van der Waals surface area contributed by atoms with E-state index in [9.17, 15) is 4.79 Å². The summed E-state index contributed by atoms with van der Waals surface area (Å²) in [7, 11) is 1.82. The molecular formula is C17H18BrN5O2. The summed E-state index contributed by atoms with van der Waals surface area (Å²) in [4.78, 5) is 12.5. The molecule has 0 saturated heterocycles. The number of ether oxygens (including phenoxy) is 1. The number of hydrogen-bond acceptors (Lipinski definition) is 4. The molecule has 2 aromatic heterocycles. The Kier molecular flexibility index (Phi) is 4.89. The lowest BCUT2D eigenvalue weighted by atomic mass is 10.2. The number of rotatable bonds is 5. The van der Waals surface area contributed by atoms with Crippen molar-refractivity contribution in [3.8, 4) is 5.75 Å². The molecule has 7 nitrogen and oxygen atoms in total. The van der Waals surface area contributed by atoms with Crippen molar-refractivity contribution in [2.75, 3.05) is 5.32 Å². The van der Waals surface area contributed by atoms with Crippen LogP contribution in [0.5, 0.6) is 5.75 Å². The summed E-state index contributed by atoms with van der Waals surface area (Å²) >= 11 is 3.38. The van der Waals surface area contributed by atoms with E-state index in [1.807, 2.05) is 45.2 Å². The lowest BCUT2D eigenvalue weighted by molar-refractivity contribution is 0.102. The van der Waals surface area contributed by atoms with Gasteiger partial charge in [-0.15, -0.1) is 0 Å². The van der Waals surface area contributed by atoms with Gasteiger partial charge in [0.1, 0.15) is 5.75 Å².